The predicted molar refractivity (Wildman–Crippen MR) is 82.8 cm³/mol. The van der Waals surface area contributed by atoms with Gasteiger partial charge < -0.3 is 0 Å². The van der Waals surface area contributed by atoms with Gasteiger partial charge in [0.05, 0.1) is 0 Å². The Hall–Kier alpha value is -1.76. The van der Waals surface area contributed by atoms with Gasteiger partial charge in [0.2, 0.25) is 5.82 Å². The summed E-state index contributed by atoms with van der Waals surface area (Å²) in [7, 11) is 0. The van der Waals surface area contributed by atoms with E-state index in [0.29, 0.717) is 5.82 Å². The number of hydrogen-bond donors (Lipinski definition) is 1. The maximum atomic E-state index is 4.06. The zero-order valence-electron chi connectivity index (χ0n) is 10.0. The minimum absolute atomic E-state index is 0.619. The Morgan fingerprint density at radius 3 is 2.32 bits per heavy atom. The second kappa shape index (κ2) is 5.48. The predicted octanol–water partition coefficient (Wildman–Crippen LogP) is 3.47. The lowest BCUT2D eigenvalue weighted by molar-refractivity contribution is 0.881. The third-order valence-corrected chi connectivity index (χ3v) is 3.81. The first-order valence-corrected chi connectivity index (χ1v) is 7.39. The summed E-state index contributed by atoms with van der Waals surface area (Å²) in [5.41, 5.74) is 4.58. The molecular formula is C14H11IN4. The van der Waals surface area contributed by atoms with Crippen LogP contribution in [0.25, 0.3) is 22.5 Å². The van der Waals surface area contributed by atoms with Crippen molar-refractivity contribution in [1.82, 2.24) is 20.6 Å². The molecule has 0 atom stereocenters. The molecule has 0 radical (unpaired) electrons. The van der Waals surface area contributed by atoms with Gasteiger partial charge in [-0.1, -0.05) is 71.1 Å². The number of rotatable bonds is 3. The highest BCUT2D eigenvalue weighted by Crippen LogP contribution is 2.29. The molecule has 1 N–H and O–H groups in total. The Balaban J connectivity index is 2.09. The van der Waals surface area contributed by atoms with Gasteiger partial charge in [0.25, 0.3) is 0 Å². The molecule has 0 aliphatic rings. The number of benzene rings is 2. The number of nitrogens with one attached hydrogen (secondary N) is 1. The SMILES string of the molecule is ICc1ccc(-c2ccccc2-c2nn[nH]n2)cc1. The average Bonchev–Trinajstić information content (AvgIpc) is 3.01. The molecule has 2 aromatic carbocycles. The Kier molecular flexibility index (Phi) is 3.54. The van der Waals surface area contributed by atoms with Crippen LogP contribution in [0.1, 0.15) is 5.56 Å². The van der Waals surface area contributed by atoms with E-state index in [1.54, 1.807) is 0 Å². The van der Waals surface area contributed by atoms with Crippen LogP contribution in [-0.2, 0) is 4.43 Å². The summed E-state index contributed by atoms with van der Waals surface area (Å²) in [6, 6.07) is 16.6. The molecule has 0 unspecified atom stereocenters. The van der Waals surface area contributed by atoms with Crippen LogP contribution in [0.15, 0.2) is 48.5 Å². The molecule has 0 saturated carbocycles. The quantitative estimate of drug-likeness (QED) is 0.574. The van der Waals surface area contributed by atoms with Crippen LogP contribution in [-0.4, -0.2) is 20.6 Å². The standard InChI is InChI=1S/C14H11IN4/c15-9-10-5-7-11(8-6-10)12-3-1-2-4-13(12)14-16-18-19-17-14/h1-8H,9H2,(H,16,17,18,19). The summed E-state index contributed by atoms with van der Waals surface area (Å²) >= 11 is 2.36. The number of alkyl halides is 1. The van der Waals surface area contributed by atoms with Crippen LogP contribution in [0.3, 0.4) is 0 Å². The van der Waals surface area contributed by atoms with Crippen molar-refractivity contribution in [2.75, 3.05) is 0 Å². The van der Waals surface area contributed by atoms with Gasteiger partial charge in [0.1, 0.15) is 0 Å². The molecule has 5 heteroatoms. The van der Waals surface area contributed by atoms with E-state index < -0.39 is 0 Å². The fourth-order valence-corrected chi connectivity index (χ4v) is 2.49. The molecule has 0 spiro atoms. The molecule has 1 heterocycles. The normalized spacial score (nSPS) is 10.6. The second-order valence-electron chi connectivity index (χ2n) is 4.11. The molecule has 0 bridgehead atoms. The lowest BCUT2D eigenvalue weighted by Crippen LogP contribution is -1.87. The number of aromatic amines is 1. The second-order valence-corrected chi connectivity index (χ2v) is 4.87. The molecule has 3 rings (SSSR count). The van der Waals surface area contributed by atoms with Gasteiger partial charge in [0, 0.05) is 9.99 Å². The van der Waals surface area contributed by atoms with Crippen molar-refractivity contribution < 1.29 is 0 Å². The molecular weight excluding hydrogens is 351 g/mol. The molecule has 0 amide bonds. The molecule has 19 heavy (non-hydrogen) atoms. The largest absolute Gasteiger partial charge is 0.205 e. The third-order valence-electron chi connectivity index (χ3n) is 2.93. The molecule has 0 aliphatic heterocycles. The maximum absolute atomic E-state index is 4.06. The van der Waals surface area contributed by atoms with Crippen molar-refractivity contribution in [1.29, 1.82) is 0 Å². The molecule has 1 aromatic heterocycles. The van der Waals surface area contributed by atoms with Crippen LogP contribution < -0.4 is 0 Å². The summed E-state index contributed by atoms with van der Waals surface area (Å²) in [6.07, 6.45) is 0. The van der Waals surface area contributed by atoms with Gasteiger partial charge in [-0.25, -0.2) is 0 Å². The van der Waals surface area contributed by atoms with Gasteiger partial charge in [-0.15, -0.1) is 10.2 Å². The monoisotopic (exact) mass is 362 g/mol. The lowest BCUT2D eigenvalue weighted by atomic mass is 9.98. The number of halogens is 1. The molecule has 0 fully saturated rings. The van der Waals surface area contributed by atoms with Crippen LogP contribution in [0.4, 0.5) is 0 Å². The highest BCUT2D eigenvalue weighted by Gasteiger charge is 2.10. The minimum Gasteiger partial charge on any atom is -0.177 e. The van der Waals surface area contributed by atoms with Crippen molar-refractivity contribution in [2.24, 2.45) is 0 Å². The smallest absolute Gasteiger partial charge is 0.177 e. The molecule has 0 saturated heterocycles. The first-order chi connectivity index (χ1) is 9.38. The maximum Gasteiger partial charge on any atom is 0.205 e. The van der Waals surface area contributed by atoms with E-state index in [-0.39, 0.29) is 0 Å². The Morgan fingerprint density at radius 1 is 0.947 bits per heavy atom. The fourth-order valence-electron chi connectivity index (χ4n) is 1.98. The number of aromatic nitrogens is 4. The van der Waals surface area contributed by atoms with Gasteiger partial charge in [0.15, 0.2) is 0 Å². The topological polar surface area (TPSA) is 54.5 Å². The Bertz CT molecular complexity index is 662. The molecule has 0 aliphatic carbocycles. The van der Waals surface area contributed by atoms with Crippen molar-refractivity contribution >= 4 is 22.6 Å². The molecule has 4 nitrogen and oxygen atoms in total. The number of hydrogen-bond acceptors (Lipinski definition) is 3. The summed E-state index contributed by atoms with van der Waals surface area (Å²) in [6.45, 7) is 0. The fraction of sp³-hybridized carbons (Fsp3) is 0.0714. The molecule has 3 aromatic rings. The van der Waals surface area contributed by atoms with Crippen LogP contribution >= 0.6 is 22.6 Å². The van der Waals surface area contributed by atoms with E-state index in [1.807, 2.05) is 18.2 Å². The van der Waals surface area contributed by atoms with Gasteiger partial charge >= 0.3 is 0 Å². The van der Waals surface area contributed by atoms with Crippen LogP contribution in [0.2, 0.25) is 0 Å². The van der Waals surface area contributed by atoms with Crippen LogP contribution in [0, 0.1) is 0 Å². The zero-order chi connectivity index (χ0) is 13.1. The van der Waals surface area contributed by atoms with Gasteiger partial charge in [-0.2, -0.15) is 5.21 Å². The highest BCUT2D eigenvalue weighted by atomic mass is 127. The van der Waals surface area contributed by atoms with Crippen molar-refractivity contribution in [3.8, 4) is 22.5 Å². The summed E-state index contributed by atoms with van der Waals surface area (Å²) in [5, 5.41) is 14.2. The van der Waals surface area contributed by atoms with E-state index in [0.717, 1.165) is 21.1 Å². The first kappa shape index (κ1) is 12.3. The third kappa shape index (κ3) is 2.51. The van der Waals surface area contributed by atoms with E-state index in [4.69, 9.17) is 0 Å². The Labute approximate surface area is 124 Å². The van der Waals surface area contributed by atoms with Crippen molar-refractivity contribution in [2.45, 2.75) is 4.43 Å². The van der Waals surface area contributed by atoms with E-state index in [2.05, 4.69) is 73.5 Å². The number of tetrazole rings is 1. The minimum atomic E-state index is 0.619. The number of nitrogens with zero attached hydrogens (tertiary/aromatic N) is 3. The Morgan fingerprint density at radius 2 is 1.68 bits per heavy atom. The summed E-state index contributed by atoms with van der Waals surface area (Å²) < 4.78 is 1.02. The van der Waals surface area contributed by atoms with Crippen LogP contribution in [0.5, 0.6) is 0 Å². The molecule has 94 valence electrons. The zero-order valence-corrected chi connectivity index (χ0v) is 12.2. The lowest BCUT2D eigenvalue weighted by Gasteiger charge is -2.07. The van der Waals surface area contributed by atoms with Crippen molar-refractivity contribution in [3.63, 3.8) is 0 Å². The van der Waals surface area contributed by atoms with E-state index >= 15 is 0 Å². The number of H-pyrrole nitrogens is 1. The average molecular weight is 362 g/mol. The van der Waals surface area contributed by atoms with Gasteiger partial charge in [-0.3, -0.25) is 0 Å². The highest BCUT2D eigenvalue weighted by molar-refractivity contribution is 14.1. The first-order valence-electron chi connectivity index (χ1n) is 5.86. The summed E-state index contributed by atoms with van der Waals surface area (Å²) in [4.78, 5) is 0. The summed E-state index contributed by atoms with van der Waals surface area (Å²) in [5.74, 6) is 0.619. The van der Waals surface area contributed by atoms with Crippen molar-refractivity contribution in [3.05, 3.63) is 54.1 Å². The van der Waals surface area contributed by atoms with E-state index in [9.17, 15) is 0 Å². The van der Waals surface area contributed by atoms with E-state index in [1.165, 1.54) is 5.56 Å². The van der Waals surface area contributed by atoms with Gasteiger partial charge in [-0.05, 0) is 21.9 Å².